The standard InChI is InChI=1S/C17H30N2/c1-13(2)16-9-7-15(8-10-16)11-18-17(14(3)4)12-19(5)6/h7-10,13-14,17-18H,11-12H2,1-6H3. The van der Waals surface area contributed by atoms with Crippen LogP contribution >= 0.6 is 0 Å². The molecule has 2 nitrogen and oxygen atoms in total. The highest BCUT2D eigenvalue weighted by Gasteiger charge is 2.13. The Morgan fingerprint density at radius 1 is 1.00 bits per heavy atom. The largest absolute Gasteiger partial charge is 0.308 e. The van der Waals surface area contributed by atoms with Crippen LogP contribution in [0.1, 0.15) is 44.7 Å². The zero-order valence-corrected chi connectivity index (χ0v) is 13.4. The predicted octanol–water partition coefficient (Wildman–Crippen LogP) is 3.49. The number of nitrogens with zero attached hydrogens (tertiary/aromatic N) is 1. The van der Waals surface area contributed by atoms with Crippen LogP contribution < -0.4 is 5.32 Å². The van der Waals surface area contributed by atoms with E-state index >= 15 is 0 Å². The van der Waals surface area contributed by atoms with Gasteiger partial charge >= 0.3 is 0 Å². The Kier molecular flexibility index (Phi) is 6.53. The molecule has 1 aromatic carbocycles. The van der Waals surface area contributed by atoms with E-state index in [9.17, 15) is 0 Å². The third-order valence-electron chi connectivity index (χ3n) is 3.58. The predicted molar refractivity (Wildman–Crippen MR) is 84.6 cm³/mol. The van der Waals surface area contributed by atoms with Gasteiger partial charge in [0.1, 0.15) is 0 Å². The minimum absolute atomic E-state index is 0.541. The number of rotatable bonds is 7. The second kappa shape index (κ2) is 7.66. The first-order valence-corrected chi connectivity index (χ1v) is 7.37. The Hall–Kier alpha value is -0.860. The fourth-order valence-electron chi connectivity index (χ4n) is 2.17. The number of benzene rings is 1. The molecular weight excluding hydrogens is 232 g/mol. The fraction of sp³-hybridized carbons (Fsp3) is 0.647. The van der Waals surface area contributed by atoms with Gasteiger partial charge in [0.2, 0.25) is 0 Å². The van der Waals surface area contributed by atoms with E-state index in [0.29, 0.717) is 17.9 Å². The van der Waals surface area contributed by atoms with E-state index in [1.54, 1.807) is 0 Å². The van der Waals surface area contributed by atoms with Crippen LogP contribution in [0, 0.1) is 5.92 Å². The van der Waals surface area contributed by atoms with Gasteiger partial charge in [-0.2, -0.15) is 0 Å². The Labute approximate surface area is 119 Å². The molecule has 0 amide bonds. The summed E-state index contributed by atoms with van der Waals surface area (Å²) < 4.78 is 0. The molecule has 0 saturated heterocycles. The summed E-state index contributed by atoms with van der Waals surface area (Å²) in [6, 6.07) is 9.53. The van der Waals surface area contributed by atoms with Crippen LogP contribution in [0.15, 0.2) is 24.3 Å². The van der Waals surface area contributed by atoms with Gasteiger partial charge in [-0.1, -0.05) is 52.0 Å². The first kappa shape index (κ1) is 16.2. The third kappa shape index (κ3) is 5.75. The van der Waals surface area contributed by atoms with Crippen molar-refractivity contribution in [1.82, 2.24) is 10.2 Å². The van der Waals surface area contributed by atoms with Crippen molar-refractivity contribution in [2.75, 3.05) is 20.6 Å². The Bertz CT molecular complexity index is 352. The maximum atomic E-state index is 3.67. The first-order valence-electron chi connectivity index (χ1n) is 7.37. The minimum atomic E-state index is 0.541. The second-order valence-electron chi connectivity index (χ2n) is 6.39. The molecule has 0 aliphatic carbocycles. The second-order valence-corrected chi connectivity index (χ2v) is 6.39. The SMILES string of the molecule is CC(C)c1ccc(CNC(CN(C)C)C(C)C)cc1. The number of hydrogen-bond acceptors (Lipinski definition) is 2. The molecule has 108 valence electrons. The van der Waals surface area contributed by atoms with Crippen molar-refractivity contribution < 1.29 is 0 Å². The van der Waals surface area contributed by atoms with Gasteiger partial charge in [-0.05, 0) is 37.1 Å². The summed E-state index contributed by atoms with van der Waals surface area (Å²) in [6.07, 6.45) is 0. The van der Waals surface area contributed by atoms with Crippen LogP contribution in [0.4, 0.5) is 0 Å². The van der Waals surface area contributed by atoms with E-state index in [-0.39, 0.29) is 0 Å². The van der Waals surface area contributed by atoms with Gasteiger partial charge in [-0.15, -0.1) is 0 Å². The van der Waals surface area contributed by atoms with Crippen LogP contribution in [0.3, 0.4) is 0 Å². The monoisotopic (exact) mass is 262 g/mol. The van der Waals surface area contributed by atoms with E-state index in [4.69, 9.17) is 0 Å². The smallest absolute Gasteiger partial charge is 0.0220 e. The van der Waals surface area contributed by atoms with Gasteiger partial charge in [-0.3, -0.25) is 0 Å². The topological polar surface area (TPSA) is 15.3 Å². The number of hydrogen-bond donors (Lipinski definition) is 1. The lowest BCUT2D eigenvalue weighted by molar-refractivity contribution is 0.288. The molecule has 1 unspecified atom stereocenters. The van der Waals surface area contributed by atoms with E-state index in [2.05, 4.69) is 76.3 Å². The zero-order valence-electron chi connectivity index (χ0n) is 13.4. The lowest BCUT2D eigenvalue weighted by atomic mass is 10.0. The summed E-state index contributed by atoms with van der Waals surface area (Å²) >= 11 is 0. The van der Waals surface area contributed by atoms with Crippen molar-refractivity contribution >= 4 is 0 Å². The molecule has 19 heavy (non-hydrogen) atoms. The van der Waals surface area contributed by atoms with Crippen molar-refractivity contribution in [3.05, 3.63) is 35.4 Å². The van der Waals surface area contributed by atoms with Crippen LogP contribution in [0.2, 0.25) is 0 Å². The van der Waals surface area contributed by atoms with E-state index in [1.807, 2.05) is 0 Å². The molecule has 0 heterocycles. The molecular formula is C17H30N2. The minimum Gasteiger partial charge on any atom is -0.308 e. The summed E-state index contributed by atoms with van der Waals surface area (Å²) in [5.74, 6) is 1.26. The maximum absolute atomic E-state index is 3.67. The van der Waals surface area contributed by atoms with E-state index in [1.165, 1.54) is 11.1 Å². The summed E-state index contributed by atoms with van der Waals surface area (Å²) in [7, 11) is 4.27. The normalized spacial score (nSPS) is 13.5. The molecule has 0 bridgehead atoms. The quantitative estimate of drug-likeness (QED) is 0.809. The number of likely N-dealkylation sites (N-methyl/N-ethyl adjacent to an activating group) is 1. The summed E-state index contributed by atoms with van der Waals surface area (Å²) in [5, 5.41) is 3.67. The van der Waals surface area contributed by atoms with Crippen LogP contribution in [-0.4, -0.2) is 31.6 Å². The van der Waals surface area contributed by atoms with Crippen molar-refractivity contribution in [3.63, 3.8) is 0 Å². The molecule has 0 aromatic heterocycles. The van der Waals surface area contributed by atoms with Gasteiger partial charge in [0.25, 0.3) is 0 Å². The van der Waals surface area contributed by atoms with Gasteiger partial charge in [0.05, 0.1) is 0 Å². The Morgan fingerprint density at radius 3 is 2.00 bits per heavy atom. The number of nitrogens with one attached hydrogen (secondary N) is 1. The van der Waals surface area contributed by atoms with Crippen LogP contribution in [0.25, 0.3) is 0 Å². The Morgan fingerprint density at radius 2 is 1.58 bits per heavy atom. The van der Waals surface area contributed by atoms with Gasteiger partial charge in [-0.25, -0.2) is 0 Å². The molecule has 0 aliphatic heterocycles. The van der Waals surface area contributed by atoms with Crippen LogP contribution in [0.5, 0.6) is 0 Å². The van der Waals surface area contributed by atoms with Crippen molar-refractivity contribution in [2.45, 2.75) is 46.2 Å². The highest BCUT2D eigenvalue weighted by Crippen LogP contribution is 2.15. The molecule has 1 aromatic rings. The molecule has 2 heteroatoms. The van der Waals surface area contributed by atoms with Crippen LogP contribution in [-0.2, 0) is 6.54 Å². The molecule has 0 spiro atoms. The maximum Gasteiger partial charge on any atom is 0.0220 e. The molecule has 0 aliphatic rings. The van der Waals surface area contributed by atoms with E-state index < -0.39 is 0 Å². The Balaban J connectivity index is 2.54. The highest BCUT2D eigenvalue weighted by molar-refractivity contribution is 5.24. The third-order valence-corrected chi connectivity index (χ3v) is 3.58. The molecule has 0 saturated carbocycles. The summed E-state index contributed by atoms with van der Waals surface area (Å²) in [6.45, 7) is 11.1. The molecule has 1 atom stereocenters. The van der Waals surface area contributed by atoms with Crippen molar-refractivity contribution in [2.24, 2.45) is 5.92 Å². The fourth-order valence-corrected chi connectivity index (χ4v) is 2.17. The van der Waals surface area contributed by atoms with Gasteiger partial charge < -0.3 is 10.2 Å². The highest BCUT2D eigenvalue weighted by atomic mass is 15.1. The first-order chi connectivity index (χ1) is 8.90. The summed E-state index contributed by atoms with van der Waals surface area (Å²) in [4.78, 5) is 2.25. The lowest BCUT2D eigenvalue weighted by Gasteiger charge is -2.25. The van der Waals surface area contributed by atoms with Gasteiger partial charge in [0.15, 0.2) is 0 Å². The molecule has 1 rings (SSSR count). The average Bonchev–Trinajstić information content (AvgIpc) is 2.34. The average molecular weight is 262 g/mol. The van der Waals surface area contributed by atoms with Crippen molar-refractivity contribution in [1.29, 1.82) is 0 Å². The molecule has 0 radical (unpaired) electrons. The molecule has 0 fully saturated rings. The lowest BCUT2D eigenvalue weighted by Crippen LogP contribution is -2.41. The summed E-state index contributed by atoms with van der Waals surface area (Å²) in [5.41, 5.74) is 2.78. The van der Waals surface area contributed by atoms with Gasteiger partial charge in [0, 0.05) is 19.1 Å². The van der Waals surface area contributed by atoms with Crippen molar-refractivity contribution in [3.8, 4) is 0 Å². The zero-order chi connectivity index (χ0) is 14.4. The molecule has 1 N–H and O–H groups in total. The van der Waals surface area contributed by atoms with E-state index in [0.717, 1.165) is 13.1 Å².